The van der Waals surface area contributed by atoms with E-state index in [9.17, 15) is 4.79 Å². The van der Waals surface area contributed by atoms with E-state index in [1.807, 2.05) is 18.2 Å². The Bertz CT molecular complexity index is 409. The van der Waals surface area contributed by atoms with Crippen LogP contribution in [0.3, 0.4) is 0 Å². The van der Waals surface area contributed by atoms with Gasteiger partial charge in [-0.15, -0.1) is 0 Å². The standard InChI is InChI=1S/C15H22N2O/c1-3-17(4-2)14-11-6-5-10-13(14)16-15(18)12-8-7-9-12/h5-6,10-12H,3-4,7-9H2,1-2H3,(H,16,18). The minimum absolute atomic E-state index is 0.181. The van der Waals surface area contributed by atoms with Crippen LogP contribution in [0.1, 0.15) is 33.1 Å². The molecule has 0 unspecified atom stereocenters. The molecule has 0 aromatic heterocycles. The molecule has 0 saturated heterocycles. The highest BCUT2D eigenvalue weighted by Gasteiger charge is 2.25. The average molecular weight is 246 g/mol. The van der Waals surface area contributed by atoms with Crippen molar-refractivity contribution in [1.82, 2.24) is 0 Å². The van der Waals surface area contributed by atoms with E-state index in [2.05, 4.69) is 30.1 Å². The van der Waals surface area contributed by atoms with Gasteiger partial charge in [0.15, 0.2) is 0 Å². The molecular formula is C15H22N2O. The van der Waals surface area contributed by atoms with Crippen molar-refractivity contribution in [2.45, 2.75) is 33.1 Å². The third-order valence-electron chi connectivity index (χ3n) is 3.74. The molecule has 0 atom stereocenters. The summed E-state index contributed by atoms with van der Waals surface area (Å²) in [5.41, 5.74) is 2.06. The largest absolute Gasteiger partial charge is 0.370 e. The Kier molecular flexibility index (Phi) is 4.24. The zero-order valence-corrected chi connectivity index (χ0v) is 11.3. The lowest BCUT2D eigenvalue weighted by Gasteiger charge is -2.27. The molecule has 1 aliphatic carbocycles. The quantitative estimate of drug-likeness (QED) is 0.864. The molecule has 1 N–H and O–H groups in total. The van der Waals surface area contributed by atoms with Crippen molar-refractivity contribution >= 4 is 17.3 Å². The van der Waals surface area contributed by atoms with Crippen LogP contribution in [0.25, 0.3) is 0 Å². The van der Waals surface area contributed by atoms with Crippen LogP contribution < -0.4 is 10.2 Å². The summed E-state index contributed by atoms with van der Waals surface area (Å²) >= 11 is 0. The zero-order valence-electron chi connectivity index (χ0n) is 11.3. The van der Waals surface area contributed by atoms with Crippen molar-refractivity contribution in [3.8, 4) is 0 Å². The van der Waals surface area contributed by atoms with Gasteiger partial charge in [0.25, 0.3) is 0 Å². The molecule has 0 heterocycles. The van der Waals surface area contributed by atoms with E-state index in [0.29, 0.717) is 0 Å². The first-order valence-corrected chi connectivity index (χ1v) is 6.91. The van der Waals surface area contributed by atoms with Crippen molar-refractivity contribution in [2.24, 2.45) is 5.92 Å². The number of anilines is 2. The third kappa shape index (κ3) is 2.66. The number of benzene rings is 1. The number of hydrogen-bond donors (Lipinski definition) is 1. The van der Waals surface area contributed by atoms with E-state index in [4.69, 9.17) is 0 Å². The van der Waals surface area contributed by atoms with Gasteiger partial charge in [0.05, 0.1) is 11.4 Å². The number of nitrogens with one attached hydrogen (secondary N) is 1. The van der Waals surface area contributed by atoms with Gasteiger partial charge >= 0.3 is 0 Å². The van der Waals surface area contributed by atoms with Gasteiger partial charge in [0.2, 0.25) is 5.91 Å². The summed E-state index contributed by atoms with van der Waals surface area (Å²) in [5, 5.41) is 3.08. The first kappa shape index (κ1) is 12.9. The molecule has 3 heteroatoms. The fourth-order valence-corrected chi connectivity index (χ4v) is 2.32. The molecule has 18 heavy (non-hydrogen) atoms. The van der Waals surface area contributed by atoms with Gasteiger partial charge in [-0.2, -0.15) is 0 Å². The summed E-state index contributed by atoms with van der Waals surface area (Å²) in [5.74, 6) is 0.413. The Morgan fingerprint density at radius 1 is 1.28 bits per heavy atom. The van der Waals surface area contributed by atoms with Gasteiger partial charge in [0, 0.05) is 19.0 Å². The summed E-state index contributed by atoms with van der Waals surface area (Å²) in [4.78, 5) is 14.3. The second-order valence-corrected chi connectivity index (χ2v) is 4.81. The molecule has 1 aromatic carbocycles. The fourth-order valence-electron chi connectivity index (χ4n) is 2.32. The Hall–Kier alpha value is -1.51. The number of rotatable bonds is 5. The molecule has 3 nitrogen and oxygen atoms in total. The predicted octanol–water partition coefficient (Wildman–Crippen LogP) is 3.27. The maximum absolute atomic E-state index is 12.0. The van der Waals surface area contributed by atoms with Gasteiger partial charge in [-0.25, -0.2) is 0 Å². The first-order chi connectivity index (χ1) is 8.76. The number of amides is 1. The monoisotopic (exact) mass is 246 g/mol. The van der Waals surface area contributed by atoms with Crippen molar-refractivity contribution in [3.63, 3.8) is 0 Å². The summed E-state index contributed by atoms with van der Waals surface area (Å²) in [7, 11) is 0. The smallest absolute Gasteiger partial charge is 0.227 e. The van der Waals surface area contributed by atoms with E-state index in [1.54, 1.807) is 0 Å². The molecule has 0 bridgehead atoms. The van der Waals surface area contributed by atoms with Crippen molar-refractivity contribution in [2.75, 3.05) is 23.3 Å². The Morgan fingerprint density at radius 3 is 2.50 bits per heavy atom. The van der Waals surface area contributed by atoms with Gasteiger partial charge in [-0.05, 0) is 38.8 Å². The minimum atomic E-state index is 0.181. The number of carbonyl (C=O) groups is 1. The number of carbonyl (C=O) groups excluding carboxylic acids is 1. The lowest BCUT2D eigenvalue weighted by atomic mass is 9.85. The molecular weight excluding hydrogens is 224 g/mol. The van der Waals surface area contributed by atoms with Crippen LogP contribution in [0, 0.1) is 5.92 Å². The Labute approximate surface area is 109 Å². The predicted molar refractivity (Wildman–Crippen MR) is 76.0 cm³/mol. The molecule has 1 amide bonds. The first-order valence-electron chi connectivity index (χ1n) is 6.91. The van der Waals surface area contributed by atoms with E-state index in [-0.39, 0.29) is 11.8 Å². The van der Waals surface area contributed by atoms with E-state index < -0.39 is 0 Å². The SMILES string of the molecule is CCN(CC)c1ccccc1NC(=O)C1CCC1. The Balaban J connectivity index is 2.13. The van der Waals surface area contributed by atoms with Crippen molar-refractivity contribution in [1.29, 1.82) is 0 Å². The van der Waals surface area contributed by atoms with E-state index >= 15 is 0 Å². The topological polar surface area (TPSA) is 32.3 Å². The maximum atomic E-state index is 12.0. The van der Waals surface area contributed by atoms with Gasteiger partial charge in [-0.1, -0.05) is 18.6 Å². The lowest BCUT2D eigenvalue weighted by molar-refractivity contribution is -0.122. The van der Waals surface area contributed by atoms with Gasteiger partial charge in [0.1, 0.15) is 0 Å². The van der Waals surface area contributed by atoms with Crippen molar-refractivity contribution < 1.29 is 4.79 Å². The van der Waals surface area contributed by atoms with Crippen LogP contribution in [0.2, 0.25) is 0 Å². The molecule has 1 aromatic rings. The van der Waals surface area contributed by atoms with E-state index in [1.165, 1.54) is 6.42 Å². The summed E-state index contributed by atoms with van der Waals surface area (Å²) in [6.45, 7) is 6.17. The molecule has 2 rings (SSSR count). The van der Waals surface area contributed by atoms with Crippen LogP contribution in [-0.4, -0.2) is 19.0 Å². The second-order valence-electron chi connectivity index (χ2n) is 4.81. The Morgan fingerprint density at radius 2 is 1.94 bits per heavy atom. The van der Waals surface area contributed by atoms with Crippen LogP contribution >= 0.6 is 0 Å². The van der Waals surface area contributed by atoms with Gasteiger partial charge < -0.3 is 10.2 Å². The highest BCUT2D eigenvalue weighted by Crippen LogP contribution is 2.30. The average Bonchev–Trinajstić information content (AvgIpc) is 2.30. The maximum Gasteiger partial charge on any atom is 0.227 e. The van der Waals surface area contributed by atoms with Crippen LogP contribution in [-0.2, 0) is 4.79 Å². The minimum Gasteiger partial charge on any atom is -0.370 e. The highest BCUT2D eigenvalue weighted by molar-refractivity contribution is 5.96. The molecule has 1 fully saturated rings. The summed E-state index contributed by atoms with van der Waals surface area (Å²) in [6, 6.07) is 8.06. The normalized spacial score (nSPS) is 15.0. The van der Waals surface area contributed by atoms with Crippen molar-refractivity contribution in [3.05, 3.63) is 24.3 Å². The molecule has 0 spiro atoms. The third-order valence-corrected chi connectivity index (χ3v) is 3.74. The van der Waals surface area contributed by atoms with Crippen LogP contribution in [0.4, 0.5) is 11.4 Å². The zero-order chi connectivity index (χ0) is 13.0. The molecule has 98 valence electrons. The summed E-state index contributed by atoms with van der Waals surface area (Å²) in [6.07, 6.45) is 3.27. The highest BCUT2D eigenvalue weighted by atomic mass is 16.1. The number of nitrogens with zero attached hydrogens (tertiary/aromatic N) is 1. The molecule has 0 aliphatic heterocycles. The van der Waals surface area contributed by atoms with E-state index in [0.717, 1.165) is 37.3 Å². The molecule has 1 aliphatic rings. The fraction of sp³-hybridized carbons (Fsp3) is 0.533. The number of hydrogen-bond acceptors (Lipinski definition) is 2. The second kappa shape index (κ2) is 5.89. The number of para-hydroxylation sites is 2. The molecule has 1 saturated carbocycles. The molecule has 0 radical (unpaired) electrons. The van der Waals surface area contributed by atoms with Gasteiger partial charge in [-0.3, -0.25) is 4.79 Å². The van der Waals surface area contributed by atoms with Crippen LogP contribution in [0.5, 0.6) is 0 Å². The summed E-state index contributed by atoms with van der Waals surface area (Å²) < 4.78 is 0. The lowest BCUT2D eigenvalue weighted by Crippen LogP contribution is -2.29. The van der Waals surface area contributed by atoms with Crippen LogP contribution in [0.15, 0.2) is 24.3 Å².